The first-order chi connectivity index (χ1) is 16.6. The number of halogens is 5. The first kappa shape index (κ1) is 22.8. The van der Waals surface area contributed by atoms with Crippen LogP contribution in [-0.4, -0.2) is 37.9 Å². The number of methoxy groups -OCH3 is 1. The Balaban J connectivity index is 1.79. The molecule has 1 aromatic carbocycles. The summed E-state index contributed by atoms with van der Waals surface area (Å²) in [6.07, 6.45) is -3.58. The van der Waals surface area contributed by atoms with Gasteiger partial charge in [0.15, 0.2) is 0 Å². The van der Waals surface area contributed by atoms with Gasteiger partial charge in [-0.3, -0.25) is 4.40 Å². The van der Waals surface area contributed by atoms with E-state index in [-0.39, 0.29) is 34.5 Å². The van der Waals surface area contributed by atoms with E-state index < -0.39 is 17.8 Å². The Labute approximate surface area is 194 Å². The fraction of sp³-hybridized carbons (Fsp3) is 0.217. The van der Waals surface area contributed by atoms with Crippen LogP contribution in [0.5, 0.6) is 0 Å². The predicted molar refractivity (Wildman–Crippen MR) is 115 cm³/mol. The smallest absolute Gasteiger partial charge is 0.422 e. The van der Waals surface area contributed by atoms with Crippen LogP contribution in [0, 0.1) is 0 Å². The largest absolute Gasteiger partial charge is 0.459 e. The molecule has 0 aliphatic rings. The molecule has 1 unspecified atom stereocenters. The number of aromatic nitrogens is 5. The van der Waals surface area contributed by atoms with Gasteiger partial charge < -0.3 is 9.15 Å². The molecule has 35 heavy (non-hydrogen) atoms. The lowest BCUT2D eigenvalue weighted by Crippen LogP contribution is -2.34. The van der Waals surface area contributed by atoms with Crippen LogP contribution in [0.3, 0.4) is 0 Å². The number of ether oxygens (including phenoxy) is 1. The van der Waals surface area contributed by atoms with E-state index in [9.17, 15) is 22.0 Å². The summed E-state index contributed by atoms with van der Waals surface area (Å²) in [5.41, 5.74) is 0.302. The topological polar surface area (TPSA) is 78.3 Å². The highest BCUT2D eigenvalue weighted by atomic mass is 19.4. The van der Waals surface area contributed by atoms with Crippen LogP contribution < -0.4 is 0 Å². The van der Waals surface area contributed by atoms with Crippen molar-refractivity contribution in [1.29, 1.82) is 0 Å². The Hall–Kier alpha value is -3.93. The summed E-state index contributed by atoms with van der Waals surface area (Å²) >= 11 is 0. The van der Waals surface area contributed by atoms with Gasteiger partial charge in [0.25, 0.3) is 5.89 Å². The summed E-state index contributed by atoms with van der Waals surface area (Å²) in [5, 5.41) is 7.67. The Bertz CT molecular complexity index is 1510. The molecule has 0 N–H and O–H groups in total. The molecule has 0 amide bonds. The number of hydrogen-bond donors (Lipinski definition) is 0. The predicted octanol–water partition coefficient (Wildman–Crippen LogP) is 5.96. The van der Waals surface area contributed by atoms with E-state index >= 15 is 0 Å². The number of benzene rings is 1. The van der Waals surface area contributed by atoms with E-state index in [4.69, 9.17) is 9.15 Å². The number of pyridine rings is 2. The van der Waals surface area contributed by atoms with E-state index in [1.165, 1.54) is 10.6 Å². The lowest BCUT2D eigenvalue weighted by atomic mass is 9.98. The maximum atomic E-state index is 14.5. The average molecular weight is 489 g/mol. The van der Waals surface area contributed by atoms with Crippen molar-refractivity contribution in [3.63, 3.8) is 0 Å². The summed E-state index contributed by atoms with van der Waals surface area (Å²) in [6.45, 7) is 1.83. The molecule has 0 aliphatic heterocycles. The molecule has 7 nitrogen and oxygen atoms in total. The average Bonchev–Trinajstić information content (AvgIpc) is 3.52. The molecule has 5 rings (SSSR count). The van der Waals surface area contributed by atoms with Crippen LogP contribution in [0.1, 0.15) is 24.3 Å². The van der Waals surface area contributed by atoms with Gasteiger partial charge in [-0.05, 0) is 41.8 Å². The van der Waals surface area contributed by atoms with E-state index in [0.717, 1.165) is 18.0 Å². The summed E-state index contributed by atoms with van der Waals surface area (Å²) in [6, 6.07) is 10.6. The Kier molecular flexibility index (Phi) is 5.28. The maximum absolute atomic E-state index is 14.5. The standard InChI is InChI=1S/C23H16F5N5O2/c1-12(34-2)13-3-5-14(6-4-13)16-9-18(22(24,25)23(26,27)28)31-20-15(16)7-8-19-30-17(10-33(19)20)21-32-29-11-35-21/h3-12H,1-2H3. The van der Waals surface area contributed by atoms with Crippen molar-refractivity contribution in [2.45, 2.75) is 25.1 Å². The molecule has 0 radical (unpaired) electrons. The van der Waals surface area contributed by atoms with Crippen LogP contribution >= 0.6 is 0 Å². The Morgan fingerprint density at radius 3 is 2.37 bits per heavy atom. The van der Waals surface area contributed by atoms with Crippen molar-refractivity contribution in [2.24, 2.45) is 0 Å². The van der Waals surface area contributed by atoms with Gasteiger partial charge in [-0.25, -0.2) is 9.97 Å². The zero-order chi connectivity index (χ0) is 25.0. The summed E-state index contributed by atoms with van der Waals surface area (Å²) in [5.74, 6) is -5.12. The molecule has 4 aromatic heterocycles. The highest BCUT2D eigenvalue weighted by Crippen LogP contribution is 2.45. The van der Waals surface area contributed by atoms with Gasteiger partial charge in [-0.15, -0.1) is 10.2 Å². The third kappa shape index (κ3) is 3.79. The van der Waals surface area contributed by atoms with Crippen molar-refractivity contribution < 1.29 is 31.1 Å². The molecular weight excluding hydrogens is 473 g/mol. The molecule has 12 heteroatoms. The van der Waals surface area contributed by atoms with Gasteiger partial charge in [0.1, 0.15) is 22.7 Å². The first-order valence-electron chi connectivity index (χ1n) is 10.3. The third-order valence-electron chi connectivity index (χ3n) is 5.70. The molecule has 180 valence electrons. The fourth-order valence-corrected chi connectivity index (χ4v) is 3.73. The van der Waals surface area contributed by atoms with Crippen LogP contribution in [0.25, 0.3) is 39.4 Å². The van der Waals surface area contributed by atoms with Crippen LogP contribution in [-0.2, 0) is 10.7 Å². The number of nitrogens with zero attached hydrogens (tertiary/aromatic N) is 5. The van der Waals surface area contributed by atoms with Gasteiger partial charge in [0.2, 0.25) is 6.39 Å². The van der Waals surface area contributed by atoms with Gasteiger partial charge in [0, 0.05) is 18.7 Å². The molecule has 0 saturated carbocycles. The summed E-state index contributed by atoms with van der Waals surface area (Å²) in [7, 11) is 1.54. The Morgan fingerprint density at radius 1 is 1.00 bits per heavy atom. The summed E-state index contributed by atoms with van der Waals surface area (Å²) in [4.78, 5) is 8.04. The van der Waals surface area contributed by atoms with Gasteiger partial charge >= 0.3 is 12.1 Å². The first-order valence-corrected chi connectivity index (χ1v) is 10.3. The quantitative estimate of drug-likeness (QED) is 0.284. The van der Waals surface area contributed by atoms with Crippen molar-refractivity contribution in [1.82, 2.24) is 24.6 Å². The van der Waals surface area contributed by atoms with Crippen molar-refractivity contribution in [3.8, 4) is 22.7 Å². The van der Waals surface area contributed by atoms with E-state index in [1.807, 2.05) is 6.92 Å². The van der Waals surface area contributed by atoms with Crippen molar-refractivity contribution in [2.75, 3.05) is 7.11 Å². The monoisotopic (exact) mass is 489 g/mol. The number of hydrogen-bond acceptors (Lipinski definition) is 6. The van der Waals surface area contributed by atoms with Crippen molar-refractivity contribution >= 4 is 16.7 Å². The molecule has 0 spiro atoms. The lowest BCUT2D eigenvalue weighted by Gasteiger charge is -2.21. The molecule has 4 heterocycles. The molecular formula is C23H16F5N5O2. The number of imidazole rings is 1. The van der Waals surface area contributed by atoms with Crippen LogP contribution in [0.15, 0.2) is 59.5 Å². The number of alkyl halides is 5. The minimum absolute atomic E-state index is 0.0571. The third-order valence-corrected chi connectivity index (χ3v) is 5.70. The molecule has 0 fully saturated rings. The number of rotatable bonds is 5. The zero-order valence-corrected chi connectivity index (χ0v) is 18.2. The highest BCUT2D eigenvalue weighted by molar-refractivity contribution is 5.94. The maximum Gasteiger partial charge on any atom is 0.459 e. The minimum Gasteiger partial charge on any atom is -0.422 e. The van der Waals surface area contributed by atoms with Gasteiger partial charge in [-0.2, -0.15) is 22.0 Å². The second-order valence-electron chi connectivity index (χ2n) is 7.80. The van der Waals surface area contributed by atoms with Crippen LogP contribution in [0.4, 0.5) is 22.0 Å². The second kappa shape index (κ2) is 8.08. The molecule has 0 saturated heterocycles. The molecule has 5 aromatic rings. The van der Waals surface area contributed by atoms with E-state index in [0.29, 0.717) is 10.9 Å². The lowest BCUT2D eigenvalue weighted by molar-refractivity contribution is -0.290. The van der Waals surface area contributed by atoms with Crippen LogP contribution in [0.2, 0.25) is 0 Å². The van der Waals surface area contributed by atoms with E-state index in [1.54, 1.807) is 43.5 Å². The SMILES string of the molecule is COC(C)c1ccc(-c2cc(C(F)(F)C(F)(F)F)nc3c2ccc2nc(-c4nnco4)cn23)cc1. The van der Waals surface area contributed by atoms with Gasteiger partial charge in [0.05, 0.1) is 6.10 Å². The van der Waals surface area contributed by atoms with E-state index in [2.05, 4.69) is 20.2 Å². The molecule has 0 bridgehead atoms. The molecule has 1 atom stereocenters. The van der Waals surface area contributed by atoms with Gasteiger partial charge in [-0.1, -0.05) is 24.3 Å². The highest BCUT2D eigenvalue weighted by Gasteiger charge is 2.60. The second-order valence-corrected chi connectivity index (χ2v) is 7.80. The Morgan fingerprint density at radius 2 is 1.74 bits per heavy atom. The zero-order valence-electron chi connectivity index (χ0n) is 18.2. The fourth-order valence-electron chi connectivity index (χ4n) is 3.73. The molecule has 0 aliphatic carbocycles. The minimum atomic E-state index is -5.83. The normalized spacial score (nSPS) is 13.6. The van der Waals surface area contributed by atoms with Crippen molar-refractivity contribution in [3.05, 3.63) is 66.3 Å². The number of fused-ring (bicyclic) bond motifs is 3. The summed E-state index contributed by atoms with van der Waals surface area (Å²) < 4.78 is 80.5.